The summed E-state index contributed by atoms with van der Waals surface area (Å²) in [6, 6.07) is 95.4. The highest BCUT2D eigenvalue weighted by Gasteiger charge is 2.46. The number of rotatable bonds is 4. The molecule has 0 unspecified atom stereocenters. The molecule has 86 heavy (non-hydrogen) atoms. The molecule has 0 radical (unpaired) electrons. The summed E-state index contributed by atoms with van der Waals surface area (Å²) in [7, 11) is 0. The van der Waals surface area contributed by atoms with E-state index in [1.54, 1.807) is 0 Å². The van der Waals surface area contributed by atoms with Crippen molar-refractivity contribution >= 4 is 147 Å². The third kappa shape index (κ3) is 6.91. The van der Waals surface area contributed by atoms with Gasteiger partial charge < -0.3 is 9.47 Å². The molecule has 2 aliphatic heterocycles. The standard InChI is InChI=1S/C82H59BN2S/c1-81(2,3)51-36-39-53(40-37-51)84-69-44-50(72-54(48-22-9-7-10-23-48)34-21-35-55(72)49-24-11-8-12-25-49)45-70-77(69)83(80-78(84)66-46-52(82(4,5)6)38-43-71(66)86-80)67-47-65-61-31-16-14-27-57(61)59-29-18-20-33-63(59)74(65)76-75-68(85(70)79(67)76)42-41-64-60-30-15-13-26-56(60)58-28-17-19-32-62(58)73(64)75/h7-47H,1-6H3. The van der Waals surface area contributed by atoms with Gasteiger partial charge in [-0.1, -0.05) is 248 Å². The van der Waals surface area contributed by atoms with Crippen molar-refractivity contribution in [1.82, 2.24) is 4.57 Å². The third-order valence-electron chi connectivity index (χ3n) is 19.4. The zero-order chi connectivity index (χ0) is 57.5. The average molecular weight is 1120 g/mol. The van der Waals surface area contributed by atoms with Crippen molar-refractivity contribution in [3.8, 4) is 39.1 Å². The summed E-state index contributed by atoms with van der Waals surface area (Å²) in [5.41, 5.74) is 19.8. The van der Waals surface area contributed by atoms with Crippen LogP contribution in [0.5, 0.6) is 0 Å². The van der Waals surface area contributed by atoms with Crippen LogP contribution in [0.1, 0.15) is 52.7 Å². The minimum Gasteiger partial charge on any atom is -0.310 e. The van der Waals surface area contributed by atoms with E-state index in [-0.39, 0.29) is 17.5 Å². The zero-order valence-electron chi connectivity index (χ0n) is 49.1. The van der Waals surface area contributed by atoms with Crippen LogP contribution in [-0.2, 0) is 10.8 Å². The van der Waals surface area contributed by atoms with Crippen LogP contribution in [0.2, 0.25) is 0 Å². The number of anilines is 3. The second kappa shape index (κ2) is 17.9. The molecule has 4 heterocycles. The van der Waals surface area contributed by atoms with Crippen molar-refractivity contribution in [2.45, 2.75) is 52.4 Å². The Hall–Kier alpha value is -9.74. The Bertz CT molecular complexity index is 5510. The SMILES string of the molecule is CC(C)(C)c1ccc(N2c3cc(-c4c(-c5ccccc5)cccc4-c4ccccc4)cc4c3B(c3sc5ccc(C(C)(C)C)cc5c32)c2cc3c5ccccc5c5ccccc5c3c3c5c6c7ccccc7c7ccccc7c6ccc5n-4c23)cc1. The molecule has 0 atom stereocenters. The van der Waals surface area contributed by atoms with E-state index in [1.807, 2.05) is 11.3 Å². The van der Waals surface area contributed by atoms with Crippen LogP contribution >= 0.6 is 11.3 Å². The molecule has 4 heteroatoms. The molecule has 2 aromatic heterocycles. The summed E-state index contributed by atoms with van der Waals surface area (Å²) in [5, 5.41) is 19.4. The lowest BCUT2D eigenvalue weighted by Gasteiger charge is -2.40. The van der Waals surface area contributed by atoms with E-state index in [0.29, 0.717) is 0 Å². The molecule has 0 spiro atoms. The van der Waals surface area contributed by atoms with E-state index < -0.39 is 0 Å². The van der Waals surface area contributed by atoms with Gasteiger partial charge in [0.2, 0.25) is 0 Å². The molecular weight excluding hydrogens is 1060 g/mol. The fourth-order valence-electron chi connectivity index (χ4n) is 15.5. The summed E-state index contributed by atoms with van der Waals surface area (Å²) >= 11 is 2.00. The van der Waals surface area contributed by atoms with E-state index in [9.17, 15) is 0 Å². The maximum absolute atomic E-state index is 2.75. The van der Waals surface area contributed by atoms with Crippen LogP contribution in [0, 0.1) is 0 Å². The number of hydrogen-bond acceptors (Lipinski definition) is 2. The van der Waals surface area contributed by atoms with Crippen LogP contribution in [0.25, 0.3) is 136 Å². The van der Waals surface area contributed by atoms with E-state index in [0.717, 1.165) is 5.69 Å². The summed E-state index contributed by atoms with van der Waals surface area (Å²) < 4.78 is 5.43. The summed E-state index contributed by atoms with van der Waals surface area (Å²) in [6.07, 6.45) is 0. The molecule has 0 aliphatic carbocycles. The van der Waals surface area contributed by atoms with Crippen LogP contribution < -0.4 is 20.6 Å². The Morgan fingerprint density at radius 2 is 0.849 bits per heavy atom. The summed E-state index contributed by atoms with van der Waals surface area (Å²) in [5.74, 6) is 0. The molecular formula is C82H59BN2S. The second-order valence-electron chi connectivity index (χ2n) is 26.2. The fraction of sp³-hybridized carbons (Fsp3) is 0.0976. The number of aromatic nitrogens is 1. The van der Waals surface area contributed by atoms with Crippen LogP contribution in [0.4, 0.5) is 17.1 Å². The quantitative estimate of drug-likeness (QED) is 0.126. The summed E-state index contributed by atoms with van der Waals surface area (Å²) in [6.45, 7) is 13.9. The van der Waals surface area contributed by atoms with E-state index in [1.165, 1.54) is 174 Å². The second-order valence-corrected chi connectivity index (χ2v) is 27.3. The van der Waals surface area contributed by atoms with Gasteiger partial charge in [0.25, 0.3) is 6.71 Å². The topological polar surface area (TPSA) is 8.17 Å². The van der Waals surface area contributed by atoms with E-state index in [2.05, 4.69) is 300 Å². The van der Waals surface area contributed by atoms with Crippen molar-refractivity contribution in [2.75, 3.05) is 4.90 Å². The van der Waals surface area contributed by atoms with Gasteiger partial charge in [-0.25, -0.2) is 0 Å². The van der Waals surface area contributed by atoms with Gasteiger partial charge in [-0.3, -0.25) is 0 Å². The Kier molecular flexibility index (Phi) is 10.3. The minimum absolute atomic E-state index is 0.0218. The predicted octanol–water partition coefficient (Wildman–Crippen LogP) is 21.1. The van der Waals surface area contributed by atoms with Crippen molar-refractivity contribution in [2.24, 2.45) is 0 Å². The van der Waals surface area contributed by atoms with Crippen LogP contribution in [0.15, 0.2) is 249 Å². The van der Waals surface area contributed by atoms with E-state index >= 15 is 0 Å². The summed E-state index contributed by atoms with van der Waals surface area (Å²) in [4.78, 5) is 2.69. The van der Waals surface area contributed by atoms with Crippen LogP contribution in [0.3, 0.4) is 0 Å². The van der Waals surface area contributed by atoms with Crippen molar-refractivity contribution in [3.05, 3.63) is 260 Å². The van der Waals surface area contributed by atoms with Crippen molar-refractivity contribution < 1.29 is 0 Å². The molecule has 0 bridgehead atoms. The Balaban J connectivity index is 1.11. The highest BCUT2D eigenvalue weighted by Crippen LogP contribution is 2.53. The first-order chi connectivity index (χ1) is 42.0. The molecule has 2 nitrogen and oxygen atoms in total. The van der Waals surface area contributed by atoms with Crippen molar-refractivity contribution in [3.63, 3.8) is 0 Å². The normalized spacial score (nSPS) is 13.2. The van der Waals surface area contributed by atoms with Gasteiger partial charge >= 0.3 is 0 Å². The number of benzene rings is 14. The predicted molar refractivity (Wildman–Crippen MR) is 374 cm³/mol. The molecule has 0 saturated carbocycles. The lowest BCUT2D eigenvalue weighted by Crippen LogP contribution is -2.59. The molecule has 14 aromatic carbocycles. The maximum atomic E-state index is 2.75. The van der Waals surface area contributed by atoms with Gasteiger partial charge in [0.15, 0.2) is 0 Å². The highest BCUT2D eigenvalue weighted by atomic mass is 32.1. The van der Waals surface area contributed by atoms with Gasteiger partial charge in [0.05, 0.1) is 16.7 Å². The largest absolute Gasteiger partial charge is 0.310 e. The monoisotopic (exact) mass is 1110 g/mol. The van der Waals surface area contributed by atoms with Gasteiger partial charge in [-0.15, -0.1) is 11.3 Å². The molecule has 406 valence electrons. The number of fused-ring (bicyclic) bond motifs is 23. The number of nitrogens with zero attached hydrogens (tertiary/aromatic N) is 2. The first-order valence-corrected chi connectivity index (χ1v) is 31.3. The van der Waals surface area contributed by atoms with Crippen molar-refractivity contribution in [1.29, 1.82) is 0 Å². The number of thiophene rings is 1. The lowest BCUT2D eigenvalue weighted by molar-refractivity contribution is 0.590. The third-order valence-corrected chi connectivity index (χ3v) is 20.6. The zero-order valence-corrected chi connectivity index (χ0v) is 49.9. The minimum atomic E-state index is -0.111. The molecule has 2 aliphatic rings. The molecule has 18 rings (SSSR count). The van der Waals surface area contributed by atoms with Gasteiger partial charge in [0.1, 0.15) is 0 Å². The average Bonchev–Trinajstić information content (AvgIpc) is 1.44. The molecule has 16 aromatic rings. The molecule has 0 N–H and O–H groups in total. The fourth-order valence-corrected chi connectivity index (χ4v) is 16.8. The Morgan fingerprint density at radius 3 is 1.42 bits per heavy atom. The van der Waals surface area contributed by atoms with Crippen LogP contribution in [-0.4, -0.2) is 11.3 Å². The van der Waals surface area contributed by atoms with Gasteiger partial charge in [-0.2, -0.15) is 0 Å². The van der Waals surface area contributed by atoms with Gasteiger partial charge in [0, 0.05) is 53.5 Å². The maximum Gasteiger partial charge on any atom is 0.264 e. The Labute approximate surface area is 504 Å². The highest BCUT2D eigenvalue weighted by molar-refractivity contribution is 7.33. The van der Waals surface area contributed by atoms with Gasteiger partial charge in [-0.05, 0) is 163 Å². The Morgan fingerprint density at radius 1 is 0.360 bits per heavy atom. The lowest BCUT2D eigenvalue weighted by atomic mass is 9.36. The molecule has 0 amide bonds. The smallest absolute Gasteiger partial charge is 0.264 e. The first-order valence-electron chi connectivity index (χ1n) is 30.4. The first kappa shape index (κ1) is 49.7. The van der Waals surface area contributed by atoms with E-state index in [4.69, 9.17) is 0 Å². The number of hydrogen-bond donors (Lipinski definition) is 0. The molecule has 0 saturated heterocycles. The molecule has 0 fully saturated rings.